The molecule has 78 heavy (non-hydrogen) atoms. The minimum absolute atomic E-state index is 0.0351. The molecule has 12 nitrogen and oxygen atoms in total. The summed E-state index contributed by atoms with van der Waals surface area (Å²) in [5.74, 6) is 0.390. The number of nitrogens with zero attached hydrogens (tertiary/aromatic N) is 2. The van der Waals surface area contributed by atoms with E-state index in [4.69, 9.17) is 37.9 Å². The first-order valence-corrected chi connectivity index (χ1v) is 33.3. The average molecular weight is 1180 g/mol. The number of esters is 1. The summed E-state index contributed by atoms with van der Waals surface area (Å²) in [6.07, 6.45) is 33.8. The van der Waals surface area contributed by atoms with Crippen molar-refractivity contribution in [2.24, 2.45) is 0 Å². The van der Waals surface area contributed by atoms with Crippen LogP contribution in [0.15, 0.2) is 22.7 Å². The third kappa shape index (κ3) is 39.7. The molecule has 454 valence electrons. The van der Waals surface area contributed by atoms with Gasteiger partial charge < -0.3 is 47.7 Å². The second kappa shape index (κ2) is 51.0. The van der Waals surface area contributed by atoms with E-state index in [0.717, 1.165) is 163 Å². The monoisotopic (exact) mass is 1180 g/mol. The van der Waals surface area contributed by atoms with Gasteiger partial charge in [0.25, 0.3) is 0 Å². The molecule has 0 saturated carbocycles. The number of rotatable bonds is 58. The van der Waals surface area contributed by atoms with Crippen molar-refractivity contribution in [2.75, 3.05) is 92.6 Å². The fourth-order valence-corrected chi connectivity index (χ4v) is 11.2. The highest BCUT2D eigenvalue weighted by atomic mass is 79.9. The second-order valence-electron chi connectivity index (χ2n) is 21.6. The van der Waals surface area contributed by atoms with Crippen LogP contribution in [0, 0.1) is 0 Å². The van der Waals surface area contributed by atoms with Crippen molar-refractivity contribution in [3.63, 3.8) is 0 Å². The summed E-state index contributed by atoms with van der Waals surface area (Å²) in [5.41, 5.74) is 0. The Labute approximate surface area is 489 Å². The van der Waals surface area contributed by atoms with Crippen LogP contribution in [0.25, 0.3) is 10.1 Å². The maximum atomic E-state index is 13.0. The number of halogens is 1. The first-order chi connectivity index (χ1) is 38.1. The van der Waals surface area contributed by atoms with Crippen LogP contribution in [0.2, 0.25) is 0 Å². The lowest BCUT2D eigenvalue weighted by Gasteiger charge is -2.26. The summed E-state index contributed by atoms with van der Waals surface area (Å²) < 4.78 is 48.4. The summed E-state index contributed by atoms with van der Waals surface area (Å²) in [6, 6.07) is 5.78. The van der Waals surface area contributed by atoms with E-state index in [9.17, 15) is 9.59 Å². The van der Waals surface area contributed by atoms with Crippen LogP contribution in [-0.2, 0) is 38.0 Å². The summed E-state index contributed by atoms with van der Waals surface area (Å²) in [5, 5.41) is 0.959. The normalized spacial score (nSPS) is 13.1. The van der Waals surface area contributed by atoms with Gasteiger partial charge in [-0.05, 0) is 177 Å². The molecule has 2 aromatic rings. The fourth-order valence-electron chi connectivity index (χ4n) is 9.51. The highest BCUT2D eigenvalue weighted by Crippen LogP contribution is 2.35. The van der Waals surface area contributed by atoms with E-state index in [1.54, 1.807) is 7.11 Å². The van der Waals surface area contributed by atoms with Crippen molar-refractivity contribution in [3.8, 4) is 5.75 Å². The molecular weight excluding hydrogens is 1070 g/mol. The number of ketones is 1. The number of hydrogen-bond donors (Lipinski definition) is 0. The number of ether oxygens (including phenoxy) is 8. The van der Waals surface area contributed by atoms with Crippen molar-refractivity contribution in [1.82, 2.24) is 9.80 Å². The Morgan fingerprint density at radius 2 is 0.795 bits per heavy atom. The molecular formula is C64H115BrN2O10S. The number of methoxy groups -OCH3 is 1. The first-order valence-electron chi connectivity index (χ1n) is 31.7. The molecule has 0 saturated heterocycles. The lowest BCUT2D eigenvalue weighted by Crippen LogP contribution is -2.32. The standard InChI is InChI=1S/C64H115BrN2O10S/c1-8-11-14-29-45-71-55(4)74-48-32-21-17-25-39-66(40-26-18-22-33-49-75-56(5)72-46-30-15-12-9-2)43-36-44-67(41-27-19-23-34-50-76-57(6)73-47-31-16-13-10-3)42-28-20-24-35-51-77-64(69)38-37-60(68)63-53-58-52-61(70-7)59(65)54-62(58)78-63/h52-57H,8-51H2,1-7H3. The Balaban J connectivity index is 1.83. The van der Waals surface area contributed by atoms with Gasteiger partial charge in [0.1, 0.15) is 5.75 Å². The Morgan fingerprint density at radius 3 is 1.17 bits per heavy atom. The number of carbonyl (C=O) groups is 2. The third-order valence-electron chi connectivity index (χ3n) is 14.4. The molecule has 2 rings (SSSR count). The van der Waals surface area contributed by atoms with Crippen LogP contribution in [0.1, 0.15) is 250 Å². The number of unbranched alkanes of at least 4 members (excludes halogenated alkanes) is 21. The highest BCUT2D eigenvalue weighted by molar-refractivity contribution is 9.10. The molecule has 0 bridgehead atoms. The van der Waals surface area contributed by atoms with Gasteiger partial charge in [0.05, 0.1) is 29.5 Å². The number of Topliss-reactive ketones (excluding diaryl/α,β-unsaturated/α-hetero) is 1. The molecule has 0 amide bonds. The summed E-state index contributed by atoms with van der Waals surface area (Å²) >= 11 is 4.97. The maximum absolute atomic E-state index is 13.0. The van der Waals surface area contributed by atoms with Crippen LogP contribution < -0.4 is 4.74 Å². The number of hydrogen-bond acceptors (Lipinski definition) is 13. The van der Waals surface area contributed by atoms with E-state index in [-0.39, 0.29) is 43.5 Å². The second-order valence-corrected chi connectivity index (χ2v) is 23.5. The van der Waals surface area contributed by atoms with Crippen LogP contribution >= 0.6 is 27.3 Å². The zero-order valence-corrected chi connectivity index (χ0v) is 53.2. The Kier molecular flexibility index (Phi) is 47.3. The van der Waals surface area contributed by atoms with Gasteiger partial charge >= 0.3 is 5.97 Å². The molecule has 1 aromatic carbocycles. The molecule has 0 radical (unpaired) electrons. The molecule has 1 heterocycles. The van der Waals surface area contributed by atoms with E-state index in [1.165, 1.54) is 133 Å². The van der Waals surface area contributed by atoms with Crippen molar-refractivity contribution < 1.29 is 47.5 Å². The molecule has 14 heteroatoms. The summed E-state index contributed by atoms with van der Waals surface area (Å²) in [4.78, 5) is 31.7. The van der Waals surface area contributed by atoms with Crippen molar-refractivity contribution in [3.05, 3.63) is 27.5 Å². The Hall–Kier alpha value is -1.72. The molecule has 0 aliphatic carbocycles. The predicted molar refractivity (Wildman–Crippen MR) is 328 cm³/mol. The van der Waals surface area contributed by atoms with Crippen LogP contribution in [0.3, 0.4) is 0 Å². The molecule has 0 aliphatic rings. The van der Waals surface area contributed by atoms with Gasteiger partial charge in [0.15, 0.2) is 24.7 Å². The van der Waals surface area contributed by atoms with E-state index in [2.05, 4.69) is 46.5 Å². The lowest BCUT2D eigenvalue weighted by molar-refractivity contribution is -0.143. The lowest BCUT2D eigenvalue weighted by atomic mass is 10.1. The minimum atomic E-state index is -0.302. The number of thiophene rings is 1. The van der Waals surface area contributed by atoms with Crippen LogP contribution in [0.4, 0.5) is 0 Å². The van der Waals surface area contributed by atoms with Crippen molar-refractivity contribution in [1.29, 1.82) is 0 Å². The Morgan fingerprint density at radius 1 is 0.449 bits per heavy atom. The van der Waals surface area contributed by atoms with E-state index in [1.807, 2.05) is 39.0 Å². The third-order valence-corrected chi connectivity index (χ3v) is 16.2. The maximum Gasteiger partial charge on any atom is 0.306 e. The highest BCUT2D eigenvalue weighted by Gasteiger charge is 2.16. The average Bonchev–Trinajstić information content (AvgIpc) is 3.86. The van der Waals surface area contributed by atoms with Gasteiger partial charge in [-0.2, -0.15) is 0 Å². The smallest absolute Gasteiger partial charge is 0.306 e. The largest absolute Gasteiger partial charge is 0.496 e. The number of fused-ring (bicyclic) bond motifs is 1. The van der Waals surface area contributed by atoms with Gasteiger partial charge in [0, 0.05) is 50.8 Å². The van der Waals surface area contributed by atoms with Gasteiger partial charge in [-0.15, -0.1) is 11.3 Å². The zero-order valence-electron chi connectivity index (χ0n) is 50.8. The summed E-state index contributed by atoms with van der Waals surface area (Å²) in [7, 11) is 1.63. The van der Waals surface area contributed by atoms with Gasteiger partial charge in [0.2, 0.25) is 0 Å². The molecule has 0 fully saturated rings. The van der Waals surface area contributed by atoms with Crippen molar-refractivity contribution in [2.45, 2.75) is 259 Å². The molecule has 1 aromatic heterocycles. The molecule has 0 aliphatic heterocycles. The van der Waals surface area contributed by atoms with E-state index in [0.29, 0.717) is 11.5 Å². The van der Waals surface area contributed by atoms with Crippen molar-refractivity contribution >= 4 is 49.1 Å². The van der Waals surface area contributed by atoms with Gasteiger partial charge in [-0.1, -0.05) is 130 Å². The Bertz CT molecular complexity index is 1670. The predicted octanol–water partition coefficient (Wildman–Crippen LogP) is 17.3. The zero-order chi connectivity index (χ0) is 56.5. The fraction of sp³-hybridized carbons (Fsp3) is 0.844. The van der Waals surface area contributed by atoms with E-state index >= 15 is 0 Å². The van der Waals surface area contributed by atoms with Crippen LogP contribution in [0.5, 0.6) is 5.75 Å². The van der Waals surface area contributed by atoms with Crippen LogP contribution in [-0.4, -0.2) is 133 Å². The number of carbonyl (C=O) groups excluding carboxylic acids is 2. The first kappa shape index (κ1) is 72.4. The van der Waals surface area contributed by atoms with Gasteiger partial charge in [-0.25, -0.2) is 0 Å². The quantitative estimate of drug-likeness (QED) is 0.0272. The van der Waals surface area contributed by atoms with Gasteiger partial charge in [-0.3, -0.25) is 9.59 Å². The molecule has 0 spiro atoms. The summed E-state index contributed by atoms with van der Waals surface area (Å²) in [6.45, 7) is 24.6. The topological polar surface area (TPSA) is 114 Å². The minimum Gasteiger partial charge on any atom is -0.496 e. The van der Waals surface area contributed by atoms with E-state index < -0.39 is 0 Å². The number of benzene rings is 1. The molecule has 0 N–H and O–H groups in total. The molecule has 3 unspecified atom stereocenters. The SMILES string of the molecule is CCCCCCOC(C)OCCCCCCN(CCCCCCOC(=O)CCC(=O)c1cc2cc(OC)c(Br)cc2s1)CCCN(CCCCCCOC(C)OCCCCCC)CCCCCCOC(C)OCCCCCC. The molecule has 3 atom stereocenters.